The van der Waals surface area contributed by atoms with Crippen LogP contribution < -0.4 is 11.5 Å². The number of anilines is 2. The first-order chi connectivity index (χ1) is 26.7. The summed E-state index contributed by atoms with van der Waals surface area (Å²) in [6.07, 6.45) is 1.90. The fraction of sp³-hybridized carbons (Fsp3) is 0.471. The zero-order valence-electron chi connectivity index (χ0n) is 30.0. The van der Waals surface area contributed by atoms with Crippen LogP contribution in [-0.4, -0.2) is 105 Å². The lowest BCUT2D eigenvalue weighted by Crippen LogP contribution is -2.47. The summed E-state index contributed by atoms with van der Waals surface area (Å²) in [7, 11) is 0. The molecule has 2 aromatic heterocycles. The first kappa shape index (κ1) is 37.8. The Morgan fingerprint density at radius 3 is 1.39 bits per heavy atom. The SMILES string of the molecule is C[C@H]1COC2(CCN(C(=O)c3cc([N+](=O)[O-])c4c(N)onc4c3C#N)CC2)O1.C[C@H]1COC2(CCN(C(=O)c3cc([N+](=O)[O-])c4c(N)onc4c3C#N)CC2)O1. The maximum Gasteiger partial charge on any atom is 0.285 e. The third-order valence-corrected chi connectivity index (χ3v) is 10.2. The second-order valence-corrected chi connectivity index (χ2v) is 13.8. The van der Waals surface area contributed by atoms with Crippen molar-refractivity contribution >= 4 is 56.8 Å². The molecule has 2 aromatic carbocycles. The predicted molar refractivity (Wildman–Crippen MR) is 188 cm³/mol. The van der Waals surface area contributed by atoms with Crippen LogP contribution in [0.15, 0.2) is 21.2 Å². The molecule has 8 rings (SSSR count). The summed E-state index contributed by atoms with van der Waals surface area (Å²) in [4.78, 5) is 50.7. The van der Waals surface area contributed by atoms with Gasteiger partial charge in [0.15, 0.2) is 11.6 Å². The summed E-state index contributed by atoms with van der Waals surface area (Å²) in [5.74, 6) is -2.92. The average molecular weight is 775 g/mol. The number of aromatic nitrogens is 2. The minimum Gasteiger partial charge on any atom is -0.367 e. The van der Waals surface area contributed by atoms with Crippen molar-refractivity contribution in [2.24, 2.45) is 0 Å². The van der Waals surface area contributed by atoms with E-state index in [4.69, 9.17) is 39.5 Å². The first-order valence-corrected chi connectivity index (χ1v) is 17.4. The number of non-ortho nitro benzene ring substituents is 2. The van der Waals surface area contributed by atoms with Gasteiger partial charge in [-0.05, 0) is 13.8 Å². The molecule has 4 aliphatic heterocycles. The summed E-state index contributed by atoms with van der Waals surface area (Å²) in [6, 6.07) is 5.91. The second-order valence-electron chi connectivity index (χ2n) is 13.8. The highest BCUT2D eigenvalue weighted by Gasteiger charge is 2.45. The number of amides is 2. The maximum atomic E-state index is 13.1. The third-order valence-electron chi connectivity index (χ3n) is 10.2. The van der Waals surface area contributed by atoms with Crippen molar-refractivity contribution in [3.05, 3.63) is 54.6 Å². The Bertz CT molecular complexity index is 2200. The number of hydrogen-bond acceptors (Lipinski definition) is 18. The number of nitrogens with zero attached hydrogens (tertiary/aromatic N) is 8. The van der Waals surface area contributed by atoms with E-state index in [1.54, 1.807) is 0 Å². The van der Waals surface area contributed by atoms with Gasteiger partial charge in [0.2, 0.25) is 11.8 Å². The minimum atomic E-state index is -0.690. The lowest BCUT2D eigenvalue weighted by molar-refractivity contribution is -0.383. The number of nitriles is 2. The Hall–Kier alpha value is -6.46. The Kier molecular flexibility index (Phi) is 9.67. The molecule has 0 bridgehead atoms. The van der Waals surface area contributed by atoms with Crippen LogP contribution in [0.25, 0.3) is 21.8 Å². The standard InChI is InChI=1S/2C17H17N5O6/c2*1-9-8-26-17(27-9)2-4-21(5-3-17)16(23)10-6-12(22(24)25)13-14(11(10)7-18)20-28-15(13)19/h2*6,9H,2-5,8,19H2,1H3/t2*9-/m00/s1. The number of carbonyl (C=O) groups is 2. The molecule has 2 spiro atoms. The minimum absolute atomic E-state index is 0.00452. The molecule has 292 valence electrons. The van der Waals surface area contributed by atoms with E-state index in [0.717, 1.165) is 12.1 Å². The molecule has 0 unspecified atom stereocenters. The van der Waals surface area contributed by atoms with Gasteiger partial charge in [-0.25, -0.2) is 0 Å². The number of nitro groups is 2. The van der Waals surface area contributed by atoms with Gasteiger partial charge in [0, 0.05) is 64.0 Å². The van der Waals surface area contributed by atoms with Crippen LogP contribution in [0.1, 0.15) is 71.4 Å². The lowest BCUT2D eigenvalue weighted by Gasteiger charge is -2.37. The van der Waals surface area contributed by atoms with Crippen molar-refractivity contribution in [1.29, 1.82) is 10.5 Å². The van der Waals surface area contributed by atoms with Crippen molar-refractivity contribution in [2.45, 2.75) is 63.3 Å². The van der Waals surface area contributed by atoms with Crippen molar-refractivity contribution in [3.8, 4) is 12.1 Å². The van der Waals surface area contributed by atoms with Crippen LogP contribution in [0, 0.1) is 42.9 Å². The molecule has 2 atom stereocenters. The number of piperidine rings is 2. The Labute approximate surface area is 315 Å². The molecule has 56 heavy (non-hydrogen) atoms. The van der Waals surface area contributed by atoms with Crippen LogP contribution in [0.5, 0.6) is 0 Å². The van der Waals surface area contributed by atoms with Crippen molar-refractivity contribution in [3.63, 3.8) is 0 Å². The second kappa shape index (κ2) is 14.3. The normalized spacial score (nSPS) is 21.1. The molecule has 4 aliphatic rings. The molecule has 4 fully saturated rings. The number of hydrogen-bond donors (Lipinski definition) is 2. The van der Waals surface area contributed by atoms with Crippen LogP contribution in [-0.2, 0) is 18.9 Å². The monoisotopic (exact) mass is 774 g/mol. The Morgan fingerprint density at radius 2 is 1.11 bits per heavy atom. The fourth-order valence-electron chi connectivity index (χ4n) is 7.48. The summed E-state index contributed by atoms with van der Waals surface area (Å²) in [5.41, 5.74) is 9.77. The maximum absolute atomic E-state index is 13.1. The van der Waals surface area contributed by atoms with E-state index in [0.29, 0.717) is 65.1 Å². The molecular formula is C34H34N10O12. The molecular weight excluding hydrogens is 740 g/mol. The Morgan fingerprint density at radius 1 is 0.750 bits per heavy atom. The highest BCUT2D eigenvalue weighted by atomic mass is 16.7. The number of benzene rings is 2. The van der Waals surface area contributed by atoms with Gasteiger partial charge in [-0.2, -0.15) is 10.5 Å². The fourth-order valence-corrected chi connectivity index (χ4v) is 7.48. The van der Waals surface area contributed by atoms with Crippen LogP contribution in [0.2, 0.25) is 0 Å². The summed E-state index contributed by atoms with van der Waals surface area (Å²) in [6.45, 7) is 6.19. The largest absolute Gasteiger partial charge is 0.367 e. The molecule has 4 N–H and O–H groups in total. The third kappa shape index (κ3) is 6.53. The van der Waals surface area contributed by atoms with Gasteiger partial charge >= 0.3 is 0 Å². The zero-order chi connectivity index (χ0) is 40.1. The van der Waals surface area contributed by atoms with Gasteiger partial charge in [0.25, 0.3) is 23.2 Å². The van der Waals surface area contributed by atoms with Gasteiger partial charge in [-0.15, -0.1) is 0 Å². The zero-order valence-corrected chi connectivity index (χ0v) is 30.0. The first-order valence-electron chi connectivity index (χ1n) is 17.4. The molecule has 0 aliphatic carbocycles. The number of rotatable bonds is 4. The van der Waals surface area contributed by atoms with E-state index < -0.39 is 44.6 Å². The number of likely N-dealkylation sites (tertiary alicyclic amines) is 2. The number of nitrogen functional groups attached to an aromatic ring is 2. The summed E-state index contributed by atoms with van der Waals surface area (Å²) >= 11 is 0. The highest BCUT2D eigenvalue weighted by molar-refractivity contribution is 6.08. The van der Waals surface area contributed by atoms with Crippen molar-refractivity contribution in [1.82, 2.24) is 20.1 Å². The van der Waals surface area contributed by atoms with Gasteiger partial charge < -0.3 is 49.3 Å². The van der Waals surface area contributed by atoms with Crippen LogP contribution in [0.3, 0.4) is 0 Å². The predicted octanol–water partition coefficient (Wildman–Crippen LogP) is 3.11. The van der Waals surface area contributed by atoms with Gasteiger partial charge in [0.1, 0.15) is 33.9 Å². The molecule has 0 radical (unpaired) electrons. The van der Waals surface area contributed by atoms with Gasteiger partial charge in [-0.1, -0.05) is 10.3 Å². The number of nitrogens with two attached hydrogens (primary N) is 2. The topological polar surface area (TPSA) is 315 Å². The number of ether oxygens (including phenoxy) is 4. The lowest BCUT2D eigenvalue weighted by atomic mass is 9.99. The highest BCUT2D eigenvalue weighted by Crippen LogP contribution is 2.39. The molecule has 2 amide bonds. The van der Waals surface area contributed by atoms with Crippen LogP contribution in [0.4, 0.5) is 23.1 Å². The van der Waals surface area contributed by atoms with E-state index in [9.17, 15) is 40.3 Å². The van der Waals surface area contributed by atoms with E-state index >= 15 is 0 Å². The van der Waals surface area contributed by atoms with E-state index in [1.165, 1.54) is 9.80 Å². The molecule has 22 nitrogen and oxygen atoms in total. The Balaban J connectivity index is 0.000000172. The van der Waals surface area contributed by atoms with Crippen LogP contribution >= 0.6 is 0 Å². The summed E-state index contributed by atoms with van der Waals surface area (Å²) < 4.78 is 32.8. The number of nitro benzene ring substituents is 2. The van der Waals surface area contributed by atoms with Gasteiger partial charge in [0.05, 0.1) is 57.5 Å². The average Bonchev–Trinajstić information content (AvgIpc) is 3.96. The quantitative estimate of drug-likeness (QED) is 0.222. The van der Waals surface area contributed by atoms with E-state index in [-0.39, 0.29) is 68.0 Å². The van der Waals surface area contributed by atoms with E-state index in [1.807, 2.05) is 26.0 Å². The smallest absolute Gasteiger partial charge is 0.285 e. The molecule has 6 heterocycles. The van der Waals surface area contributed by atoms with Crippen molar-refractivity contribution < 1.29 is 47.4 Å². The van der Waals surface area contributed by atoms with E-state index in [2.05, 4.69) is 10.3 Å². The molecule has 0 saturated carbocycles. The summed E-state index contributed by atoms with van der Waals surface area (Å²) in [5, 5.41) is 49.1. The number of fused-ring (bicyclic) bond motifs is 2. The van der Waals surface area contributed by atoms with Crippen molar-refractivity contribution in [2.75, 3.05) is 50.9 Å². The number of carbonyl (C=O) groups excluding carboxylic acids is 2. The molecule has 4 aromatic rings. The van der Waals surface area contributed by atoms with Gasteiger partial charge in [-0.3, -0.25) is 29.8 Å². The molecule has 4 saturated heterocycles. The molecule has 22 heteroatoms.